The number of amides is 1. The van der Waals surface area contributed by atoms with Crippen LogP contribution in [0.25, 0.3) is 21.6 Å². The van der Waals surface area contributed by atoms with Crippen LogP contribution in [-0.2, 0) is 17.6 Å². The molecule has 0 aromatic carbocycles. The van der Waals surface area contributed by atoms with Crippen molar-refractivity contribution in [2.24, 2.45) is 0 Å². The molecular formula is C20H19N5OS. The summed E-state index contributed by atoms with van der Waals surface area (Å²) in [5, 5.41) is 6.91. The first-order chi connectivity index (χ1) is 13.3. The van der Waals surface area contributed by atoms with Crippen molar-refractivity contribution in [1.82, 2.24) is 20.3 Å². The molecule has 0 fully saturated rings. The maximum Gasteiger partial charge on any atom is 0.240 e. The van der Waals surface area contributed by atoms with E-state index in [9.17, 15) is 4.79 Å². The number of fused-ring (bicyclic) bond motifs is 3. The minimum Gasteiger partial charge on any atom is -0.360 e. The van der Waals surface area contributed by atoms with Crippen molar-refractivity contribution >= 4 is 33.3 Å². The van der Waals surface area contributed by atoms with E-state index in [4.69, 9.17) is 16.4 Å². The zero-order chi connectivity index (χ0) is 18.6. The lowest BCUT2D eigenvalue weighted by atomic mass is 9.97. The van der Waals surface area contributed by atoms with E-state index in [2.05, 4.69) is 21.5 Å². The molecular weight excluding hydrogens is 358 g/mol. The number of aromatic nitrogens is 3. The number of thiophene rings is 1. The number of hydrogen-bond acceptors (Lipinski definition) is 6. The van der Waals surface area contributed by atoms with Gasteiger partial charge in [0.05, 0.1) is 18.5 Å². The molecule has 0 spiro atoms. The van der Waals surface area contributed by atoms with Crippen LogP contribution in [0.1, 0.15) is 23.3 Å². The highest BCUT2D eigenvalue weighted by Gasteiger charge is 2.21. The summed E-state index contributed by atoms with van der Waals surface area (Å²) in [6.07, 6.45) is 13.2. The molecule has 27 heavy (non-hydrogen) atoms. The van der Waals surface area contributed by atoms with Gasteiger partial charge in [0.2, 0.25) is 5.91 Å². The van der Waals surface area contributed by atoms with Crippen molar-refractivity contribution in [2.45, 2.75) is 25.7 Å². The lowest BCUT2D eigenvalue weighted by Gasteiger charge is -2.13. The number of pyridine rings is 1. The van der Waals surface area contributed by atoms with E-state index in [-0.39, 0.29) is 19.0 Å². The van der Waals surface area contributed by atoms with Crippen molar-refractivity contribution in [2.75, 3.05) is 18.4 Å². The number of aryl methyl sites for hydroxylation is 2. The summed E-state index contributed by atoms with van der Waals surface area (Å²) in [7, 11) is 0. The topological polar surface area (TPSA) is 79.8 Å². The van der Waals surface area contributed by atoms with Gasteiger partial charge in [0.1, 0.15) is 10.6 Å². The Morgan fingerprint density at radius 2 is 2.19 bits per heavy atom. The predicted octanol–water partition coefficient (Wildman–Crippen LogP) is 2.79. The molecule has 3 heterocycles. The van der Waals surface area contributed by atoms with Crippen molar-refractivity contribution in [3.63, 3.8) is 0 Å². The van der Waals surface area contributed by atoms with Gasteiger partial charge in [0, 0.05) is 22.8 Å². The second-order valence-electron chi connectivity index (χ2n) is 6.36. The Labute approximate surface area is 161 Å². The molecule has 0 saturated carbocycles. The van der Waals surface area contributed by atoms with Gasteiger partial charge >= 0.3 is 0 Å². The van der Waals surface area contributed by atoms with Crippen LogP contribution < -0.4 is 10.6 Å². The van der Waals surface area contributed by atoms with Gasteiger partial charge < -0.3 is 10.6 Å². The average molecular weight is 377 g/mol. The fraction of sp³-hybridized carbons (Fsp3) is 0.300. The third-order valence-electron chi connectivity index (χ3n) is 4.54. The Kier molecular flexibility index (Phi) is 4.99. The summed E-state index contributed by atoms with van der Waals surface area (Å²) in [6.45, 7) is 0.333. The molecule has 4 rings (SSSR count). The van der Waals surface area contributed by atoms with Crippen molar-refractivity contribution < 1.29 is 4.79 Å². The molecule has 1 aliphatic carbocycles. The first kappa shape index (κ1) is 17.4. The Balaban J connectivity index is 1.75. The molecule has 136 valence electrons. The molecule has 0 saturated heterocycles. The molecule has 7 heteroatoms. The fourth-order valence-electron chi connectivity index (χ4n) is 3.29. The van der Waals surface area contributed by atoms with E-state index < -0.39 is 0 Å². The third kappa shape index (κ3) is 3.62. The number of hydrogen-bond donors (Lipinski definition) is 2. The van der Waals surface area contributed by atoms with Crippen molar-refractivity contribution in [3.8, 4) is 23.7 Å². The summed E-state index contributed by atoms with van der Waals surface area (Å²) >= 11 is 1.73. The van der Waals surface area contributed by atoms with Crippen molar-refractivity contribution in [1.29, 1.82) is 0 Å². The van der Waals surface area contributed by atoms with Gasteiger partial charge in [0.25, 0.3) is 0 Å². The standard InChI is InChI=1S/C20H19N5OS/c1-2-9-22-16(26)12-23-19-17-14-7-3-4-8-15(14)27-20(17)25-18(24-19)13-6-5-10-21-11-13/h1,5-6,10-11H,3-4,7-9,12H2,(H,22,26)(H,23,24,25). The third-order valence-corrected chi connectivity index (χ3v) is 5.72. The average Bonchev–Trinajstić information content (AvgIpc) is 3.09. The first-order valence-corrected chi connectivity index (χ1v) is 9.74. The lowest BCUT2D eigenvalue weighted by Crippen LogP contribution is -2.30. The molecule has 0 atom stereocenters. The van der Waals surface area contributed by atoms with Crippen molar-refractivity contribution in [3.05, 3.63) is 35.0 Å². The van der Waals surface area contributed by atoms with Crippen LogP contribution in [0, 0.1) is 12.3 Å². The normalized spacial score (nSPS) is 13.0. The fourth-order valence-corrected chi connectivity index (χ4v) is 4.55. The Morgan fingerprint density at radius 3 is 3.00 bits per heavy atom. The number of terminal acetylenes is 1. The van der Waals surface area contributed by atoms with Crippen LogP contribution in [0.5, 0.6) is 0 Å². The van der Waals surface area contributed by atoms with Crippen LogP contribution in [0.2, 0.25) is 0 Å². The lowest BCUT2D eigenvalue weighted by molar-refractivity contribution is -0.119. The maximum absolute atomic E-state index is 12.0. The molecule has 2 N–H and O–H groups in total. The number of nitrogens with zero attached hydrogens (tertiary/aromatic N) is 3. The molecule has 0 bridgehead atoms. The SMILES string of the molecule is C#CCNC(=O)CNc1nc(-c2cccnc2)nc2sc3c(c12)CCCC3. The zero-order valence-electron chi connectivity index (χ0n) is 14.8. The molecule has 3 aromatic rings. The molecule has 0 radical (unpaired) electrons. The summed E-state index contributed by atoms with van der Waals surface area (Å²) in [4.78, 5) is 28.0. The highest BCUT2D eigenvalue weighted by atomic mass is 32.1. The minimum atomic E-state index is -0.160. The second kappa shape index (κ2) is 7.72. The summed E-state index contributed by atoms with van der Waals surface area (Å²) < 4.78 is 0. The van der Waals surface area contributed by atoms with Crippen LogP contribution in [0.15, 0.2) is 24.5 Å². The number of nitrogens with one attached hydrogen (secondary N) is 2. The number of anilines is 1. The Bertz CT molecular complexity index is 1020. The number of carbonyl (C=O) groups is 1. The van der Waals surface area contributed by atoms with E-state index in [1.54, 1.807) is 23.7 Å². The molecule has 0 unspecified atom stereocenters. The molecule has 0 aliphatic heterocycles. The van der Waals surface area contributed by atoms with Gasteiger partial charge in [-0.15, -0.1) is 17.8 Å². The van der Waals surface area contributed by atoms with Gasteiger partial charge in [-0.1, -0.05) is 5.92 Å². The number of carbonyl (C=O) groups excluding carboxylic acids is 1. The minimum absolute atomic E-state index is 0.116. The van der Waals surface area contributed by atoms with E-state index in [1.807, 2.05) is 12.1 Å². The van der Waals surface area contributed by atoms with E-state index in [0.29, 0.717) is 11.6 Å². The highest BCUT2D eigenvalue weighted by molar-refractivity contribution is 7.19. The van der Waals surface area contributed by atoms with Gasteiger partial charge in [-0.05, 0) is 43.4 Å². The summed E-state index contributed by atoms with van der Waals surface area (Å²) in [5.74, 6) is 3.56. The van der Waals surface area contributed by atoms with Crippen LogP contribution in [0.4, 0.5) is 5.82 Å². The van der Waals surface area contributed by atoms with Gasteiger partial charge in [-0.2, -0.15) is 0 Å². The highest BCUT2D eigenvalue weighted by Crippen LogP contribution is 2.39. The monoisotopic (exact) mass is 377 g/mol. The largest absolute Gasteiger partial charge is 0.360 e. The first-order valence-electron chi connectivity index (χ1n) is 8.93. The maximum atomic E-state index is 12.0. The zero-order valence-corrected chi connectivity index (χ0v) is 15.6. The van der Waals surface area contributed by atoms with E-state index in [1.165, 1.54) is 23.3 Å². The van der Waals surface area contributed by atoms with E-state index >= 15 is 0 Å². The smallest absolute Gasteiger partial charge is 0.240 e. The van der Waals surface area contributed by atoms with Gasteiger partial charge in [-0.25, -0.2) is 9.97 Å². The molecule has 1 aliphatic rings. The van der Waals surface area contributed by atoms with E-state index in [0.717, 1.165) is 28.6 Å². The summed E-state index contributed by atoms with van der Waals surface area (Å²) in [5.41, 5.74) is 2.18. The van der Waals surface area contributed by atoms with Gasteiger partial charge in [0.15, 0.2) is 5.82 Å². The molecule has 1 amide bonds. The summed E-state index contributed by atoms with van der Waals surface area (Å²) in [6, 6.07) is 3.80. The van der Waals surface area contributed by atoms with Crippen LogP contribution in [-0.4, -0.2) is 33.9 Å². The Morgan fingerprint density at radius 1 is 1.30 bits per heavy atom. The Hall–Kier alpha value is -2.98. The molecule has 6 nitrogen and oxygen atoms in total. The number of rotatable bonds is 5. The predicted molar refractivity (Wildman–Crippen MR) is 108 cm³/mol. The molecule has 3 aromatic heterocycles. The second-order valence-corrected chi connectivity index (χ2v) is 7.45. The van der Waals surface area contributed by atoms with Crippen LogP contribution >= 0.6 is 11.3 Å². The quantitative estimate of drug-likeness (QED) is 0.669. The van der Waals surface area contributed by atoms with Gasteiger partial charge in [-0.3, -0.25) is 9.78 Å². The van der Waals surface area contributed by atoms with Crippen LogP contribution in [0.3, 0.4) is 0 Å².